The first-order valence-electron chi connectivity index (χ1n) is 14.1. The first-order valence-corrected chi connectivity index (χ1v) is 14.1. The number of hydrogen-bond acceptors (Lipinski definition) is 6. The average molecular weight is 570 g/mol. The standard InChI is InChI=1S/C34H27N5O4/c1-21(40)39-31-8-3-2-7-27(31)33(41)32(39)18-26-17-28(23-6-4-5-22(15-23)25-19-35-36-20-25)29-16-24(9-10-30(29)37-26)34(42)38-11-13-43-14-12-38/h2-10,15-20H,11-14H2,1H3,(H,35,36)/b32-18-. The molecule has 1 saturated heterocycles. The molecule has 2 aliphatic heterocycles. The Hall–Kier alpha value is -5.41. The van der Waals surface area contributed by atoms with Gasteiger partial charge < -0.3 is 9.64 Å². The number of ketones is 1. The maximum Gasteiger partial charge on any atom is 0.254 e. The quantitative estimate of drug-likeness (QED) is 0.292. The maximum absolute atomic E-state index is 13.4. The molecule has 0 radical (unpaired) electrons. The SMILES string of the molecule is CC(=O)N1/C(=C\c2cc(-c3cccc(-c4cn[nH]c4)c3)c3cc(C(=O)N4CCOCC4)ccc3n2)C(=O)c2ccccc21. The second-order valence-electron chi connectivity index (χ2n) is 10.5. The van der Waals surface area contributed by atoms with Gasteiger partial charge in [-0.1, -0.05) is 30.3 Å². The highest BCUT2D eigenvalue weighted by Crippen LogP contribution is 2.37. The second kappa shape index (κ2) is 10.8. The van der Waals surface area contributed by atoms with E-state index in [0.717, 1.165) is 27.6 Å². The van der Waals surface area contributed by atoms with Crippen molar-refractivity contribution < 1.29 is 19.1 Å². The average Bonchev–Trinajstić information content (AvgIpc) is 3.68. The van der Waals surface area contributed by atoms with Gasteiger partial charge >= 0.3 is 0 Å². The lowest BCUT2D eigenvalue weighted by atomic mass is 9.95. The summed E-state index contributed by atoms with van der Waals surface area (Å²) in [7, 11) is 0. The molecule has 9 nitrogen and oxygen atoms in total. The fraction of sp³-hybridized carbons (Fsp3) is 0.147. The zero-order chi connectivity index (χ0) is 29.5. The van der Waals surface area contributed by atoms with Crippen LogP contribution in [0.5, 0.6) is 0 Å². The van der Waals surface area contributed by atoms with E-state index in [4.69, 9.17) is 9.72 Å². The fourth-order valence-electron chi connectivity index (χ4n) is 5.76. The highest BCUT2D eigenvalue weighted by molar-refractivity contribution is 6.26. The van der Waals surface area contributed by atoms with Gasteiger partial charge in [0.2, 0.25) is 11.7 Å². The number of allylic oxidation sites excluding steroid dienone is 1. The van der Waals surface area contributed by atoms with E-state index in [9.17, 15) is 14.4 Å². The molecular formula is C34H27N5O4. The topological polar surface area (TPSA) is 108 Å². The minimum Gasteiger partial charge on any atom is -0.378 e. The molecule has 2 aliphatic rings. The monoisotopic (exact) mass is 569 g/mol. The number of ether oxygens (including phenoxy) is 1. The zero-order valence-corrected chi connectivity index (χ0v) is 23.4. The number of carbonyl (C=O) groups excluding carboxylic acids is 3. The number of aromatic amines is 1. The lowest BCUT2D eigenvalue weighted by Crippen LogP contribution is -2.40. The molecule has 0 saturated carbocycles. The van der Waals surface area contributed by atoms with Gasteiger partial charge in [-0.05, 0) is 65.2 Å². The molecule has 2 amide bonds. The summed E-state index contributed by atoms with van der Waals surface area (Å²) >= 11 is 0. The number of hydrogen-bond donors (Lipinski definition) is 1. The van der Waals surface area contributed by atoms with Crippen LogP contribution in [0.3, 0.4) is 0 Å². The molecule has 1 fully saturated rings. The first kappa shape index (κ1) is 26.5. The Bertz CT molecular complexity index is 1940. The molecule has 212 valence electrons. The van der Waals surface area contributed by atoms with Gasteiger partial charge in [0.1, 0.15) is 0 Å². The predicted octanol–water partition coefficient (Wildman–Crippen LogP) is 5.35. The Labute approximate surface area is 247 Å². The Morgan fingerprint density at radius 1 is 0.907 bits per heavy atom. The Morgan fingerprint density at radius 2 is 1.72 bits per heavy atom. The summed E-state index contributed by atoms with van der Waals surface area (Å²) in [6.07, 6.45) is 5.26. The number of nitrogens with zero attached hydrogens (tertiary/aromatic N) is 4. The molecule has 0 spiro atoms. The van der Waals surface area contributed by atoms with Crippen molar-refractivity contribution in [3.63, 3.8) is 0 Å². The third kappa shape index (κ3) is 4.79. The normalized spacial score (nSPS) is 15.7. The summed E-state index contributed by atoms with van der Waals surface area (Å²) in [5, 5.41) is 7.75. The maximum atomic E-state index is 13.4. The summed E-state index contributed by atoms with van der Waals surface area (Å²) in [6, 6.07) is 22.5. The number of benzene rings is 3. The molecule has 7 rings (SSSR count). The number of aromatic nitrogens is 3. The van der Waals surface area contributed by atoms with Crippen molar-refractivity contribution in [2.45, 2.75) is 6.92 Å². The van der Waals surface area contributed by atoms with Gasteiger partial charge in [-0.25, -0.2) is 4.98 Å². The molecule has 0 aliphatic carbocycles. The van der Waals surface area contributed by atoms with Crippen LogP contribution in [-0.2, 0) is 9.53 Å². The van der Waals surface area contributed by atoms with Crippen molar-refractivity contribution in [1.29, 1.82) is 0 Å². The van der Waals surface area contributed by atoms with Crippen LogP contribution in [0.25, 0.3) is 39.2 Å². The summed E-state index contributed by atoms with van der Waals surface area (Å²) < 4.78 is 5.43. The zero-order valence-electron chi connectivity index (χ0n) is 23.4. The van der Waals surface area contributed by atoms with Gasteiger partial charge in [0.25, 0.3) is 5.91 Å². The Balaban J connectivity index is 1.39. The minimum absolute atomic E-state index is 0.0547. The van der Waals surface area contributed by atoms with Crippen LogP contribution in [0.1, 0.15) is 33.3 Å². The number of para-hydroxylation sites is 1. The predicted molar refractivity (Wildman–Crippen MR) is 163 cm³/mol. The number of fused-ring (bicyclic) bond motifs is 2. The lowest BCUT2D eigenvalue weighted by molar-refractivity contribution is -0.116. The summed E-state index contributed by atoms with van der Waals surface area (Å²) in [5.41, 5.74) is 6.70. The highest BCUT2D eigenvalue weighted by Gasteiger charge is 2.34. The van der Waals surface area contributed by atoms with Crippen LogP contribution in [-0.4, -0.2) is 64.0 Å². The van der Waals surface area contributed by atoms with Crippen molar-refractivity contribution in [1.82, 2.24) is 20.1 Å². The lowest BCUT2D eigenvalue weighted by Gasteiger charge is -2.27. The van der Waals surface area contributed by atoms with Gasteiger partial charge in [0.15, 0.2) is 0 Å². The number of H-pyrrole nitrogens is 1. The van der Waals surface area contributed by atoms with Gasteiger partial charge in [-0.3, -0.25) is 24.4 Å². The molecule has 0 atom stereocenters. The number of carbonyl (C=O) groups is 3. The highest BCUT2D eigenvalue weighted by atomic mass is 16.5. The minimum atomic E-state index is -0.260. The third-order valence-corrected chi connectivity index (χ3v) is 7.84. The molecule has 9 heteroatoms. The van der Waals surface area contributed by atoms with Crippen LogP contribution in [0, 0.1) is 0 Å². The van der Waals surface area contributed by atoms with E-state index < -0.39 is 0 Å². The van der Waals surface area contributed by atoms with Crippen molar-refractivity contribution >= 4 is 40.3 Å². The Morgan fingerprint density at radius 3 is 2.51 bits per heavy atom. The van der Waals surface area contributed by atoms with Gasteiger partial charge in [-0.15, -0.1) is 0 Å². The van der Waals surface area contributed by atoms with E-state index in [1.54, 1.807) is 47.5 Å². The van der Waals surface area contributed by atoms with Crippen molar-refractivity contribution in [3.8, 4) is 22.3 Å². The van der Waals surface area contributed by atoms with Crippen molar-refractivity contribution in [3.05, 3.63) is 108 Å². The summed E-state index contributed by atoms with van der Waals surface area (Å²) in [4.78, 5) is 47.6. The van der Waals surface area contributed by atoms with Crippen molar-refractivity contribution in [2.24, 2.45) is 0 Å². The van der Waals surface area contributed by atoms with Crippen LogP contribution >= 0.6 is 0 Å². The number of nitrogens with one attached hydrogen (secondary N) is 1. The molecule has 1 N–H and O–H groups in total. The number of anilines is 1. The molecule has 5 aromatic rings. The fourth-order valence-corrected chi connectivity index (χ4v) is 5.76. The third-order valence-electron chi connectivity index (χ3n) is 7.84. The van der Waals surface area contributed by atoms with Crippen LogP contribution < -0.4 is 4.90 Å². The molecule has 43 heavy (non-hydrogen) atoms. The first-order chi connectivity index (χ1) is 21.0. The number of Topliss-reactive ketones (excluding diaryl/α,β-unsaturated/α-hetero) is 1. The van der Waals surface area contributed by atoms with Gasteiger partial charge in [0, 0.05) is 48.3 Å². The van der Waals surface area contributed by atoms with Gasteiger partial charge in [-0.2, -0.15) is 5.10 Å². The number of rotatable bonds is 4. The summed E-state index contributed by atoms with van der Waals surface area (Å²) in [6.45, 7) is 3.57. The van der Waals surface area contributed by atoms with E-state index in [0.29, 0.717) is 54.3 Å². The molecule has 2 aromatic heterocycles. The molecule has 0 unspecified atom stereocenters. The van der Waals surface area contributed by atoms with E-state index in [2.05, 4.69) is 16.3 Å². The summed E-state index contributed by atoms with van der Waals surface area (Å²) in [5.74, 6) is -0.548. The second-order valence-corrected chi connectivity index (χ2v) is 10.5. The van der Waals surface area contributed by atoms with Crippen molar-refractivity contribution in [2.75, 3.05) is 31.2 Å². The van der Waals surface area contributed by atoms with E-state index in [1.165, 1.54) is 11.8 Å². The Kier molecular flexibility index (Phi) is 6.64. The number of pyridine rings is 1. The molecule has 0 bridgehead atoms. The smallest absolute Gasteiger partial charge is 0.254 e. The molecule has 3 aromatic carbocycles. The van der Waals surface area contributed by atoms with E-state index in [1.807, 2.05) is 42.6 Å². The molecular weight excluding hydrogens is 542 g/mol. The molecule has 4 heterocycles. The number of amides is 2. The van der Waals surface area contributed by atoms with Gasteiger partial charge in [0.05, 0.1) is 42.0 Å². The largest absolute Gasteiger partial charge is 0.378 e. The van der Waals surface area contributed by atoms with Crippen LogP contribution in [0.15, 0.2) is 90.9 Å². The van der Waals surface area contributed by atoms with Crippen LogP contribution in [0.2, 0.25) is 0 Å². The van der Waals surface area contributed by atoms with Crippen LogP contribution in [0.4, 0.5) is 5.69 Å². The number of morpholine rings is 1. The van der Waals surface area contributed by atoms with E-state index in [-0.39, 0.29) is 23.3 Å². The van der Waals surface area contributed by atoms with E-state index >= 15 is 0 Å².